The minimum Gasteiger partial charge on any atom is -0.455 e. The summed E-state index contributed by atoms with van der Waals surface area (Å²) in [6, 6.07) is 75.4. The largest absolute Gasteiger partial charge is 0.455 e. The topological polar surface area (TPSA) is 154 Å². The van der Waals surface area contributed by atoms with Gasteiger partial charge in [0, 0.05) is 125 Å². The quantitative estimate of drug-likeness (QED) is 0.123. The van der Waals surface area contributed by atoms with Gasteiger partial charge in [-0.1, -0.05) is 78.9 Å². The second-order valence-electron chi connectivity index (χ2n) is 29.6. The van der Waals surface area contributed by atoms with Crippen LogP contribution < -0.4 is 45.7 Å². The maximum atomic E-state index is 6.29. The van der Waals surface area contributed by atoms with Gasteiger partial charge < -0.3 is 40.1 Å². The van der Waals surface area contributed by atoms with E-state index in [1.807, 2.05) is 120 Å². The fourth-order valence-electron chi connectivity index (χ4n) is 15.7. The molecule has 20 rings (SSSR count). The number of hydrogen-bond donors (Lipinski definition) is 0. The molecule has 0 saturated heterocycles. The molecule has 20 heteroatoms. The molecule has 580 valence electrons. The van der Waals surface area contributed by atoms with Gasteiger partial charge in [0.25, 0.3) is 0 Å². The van der Waals surface area contributed by atoms with E-state index in [9.17, 15) is 0 Å². The Hall–Kier alpha value is -14.5. The Morgan fingerprint density at radius 2 is 0.701 bits per heavy atom. The van der Waals surface area contributed by atoms with Crippen molar-refractivity contribution in [3.05, 3.63) is 309 Å². The molecule has 20 aromatic rings. The summed E-state index contributed by atoms with van der Waals surface area (Å²) in [7, 11) is 24.4. The number of nitrogens with zero attached hydrogens (tertiary/aromatic N) is 13. The molecule has 5 aromatic carbocycles. The van der Waals surface area contributed by atoms with Gasteiger partial charge in [-0.3, -0.25) is 0 Å². The van der Waals surface area contributed by atoms with Crippen LogP contribution in [0.5, 0.6) is 0 Å². The third-order valence-electron chi connectivity index (χ3n) is 22.1. The zero-order valence-corrected chi connectivity index (χ0v) is 68.8. The van der Waals surface area contributed by atoms with Crippen LogP contribution in [-0.4, -0.2) is 14.1 Å². The van der Waals surface area contributed by atoms with E-state index in [0.29, 0.717) is 5.71 Å². The van der Waals surface area contributed by atoms with Crippen LogP contribution in [0.15, 0.2) is 318 Å². The first-order valence-electron chi connectivity index (χ1n) is 38.8. The molecule has 0 aliphatic carbocycles. The smallest absolute Gasteiger partial charge is 0.446 e. The Bertz CT molecular complexity index is 7030. The van der Waals surface area contributed by atoms with Crippen molar-refractivity contribution >= 4 is 54.9 Å². The van der Waals surface area contributed by atoms with Crippen LogP contribution >= 0.6 is 0 Å². The van der Waals surface area contributed by atoms with Crippen molar-refractivity contribution in [3.8, 4) is 114 Å². The lowest BCUT2D eigenvalue weighted by Crippen LogP contribution is -2.38. The first kappa shape index (κ1) is 76.5. The number of benzene rings is 5. The Labute approximate surface area is 677 Å². The summed E-state index contributed by atoms with van der Waals surface area (Å²) in [5.41, 5.74) is 25.7. The average molecular weight is 1550 g/mol. The monoisotopic (exact) mass is 1550 g/mol. The molecule has 0 radical (unpaired) electrons. The van der Waals surface area contributed by atoms with Crippen LogP contribution in [0.1, 0.15) is 22.4 Å². The summed E-state index contributed by atoms with van der Waals surface area (Å²) in [5.74, 6) is 4.15. The standard InChI is InChI=1S/C23H21N3O2.C23H20N2O2.C19H19N3O.C17H18N2O.C15H17N3O/c1-14-8-10-16-17-11-9-15(2)24-22(17)28-21(16)20(14)18-6-5-7-19(26(18)4)23-25(3)12-13-27-23;1-15-11-12-17-16-7-4-5-10-20(16)27-22(17)21(15)18-8-6-9-19(25(18)3)23-24(2)13-14-26-23;1-20-11-12-23-19(20)17-10-6-9-16(22(17)3)18-13-14-7-4-5-8-15(14)21(18)2;1-13-7-4-5-8-14(13)15-9-6-10-16(19(15)3)17-18(2)11-12-20-17;1-16-9-5-8-12(16)13-6-4-7-14(18(13)3)15-17(2)10-11-19-15/h5-13H,1-4H3;4-14H,1-3H3;4-13H,1-3H3;4-12H,1-3H3;4-11H,1-3H3/q5*+2. The SMILES string of the molecule is Cc1ccc2c(n1)oc1c(-c3cccc(-c4occ[n+]4C)[n+]3C)c(C)ccc12.Cc1ccc2c(oc3ccccc32)c1-c1cccc(-c2occ[n+]2C)[n+]1C.Cc1ccccc1-c1cccc(-c2occ[n+]2C)[n+]1C.Cn1c(-c2cccc(-c3occ[n+]3C)[n+]2C)cc2ccccc21.Cn1cccc1-c1cccc(-c2occ[n+]2C)[n+]1C. The highest BCUT2D eigenvalue weighted by Gasteiger charge is 2.34. The molecule has 117 heavy (non-hydrogen) atoms. The first-order valence-corrected chi connectivity index (χ1v) is 38.8. The van der Waals surface area contributed by atoms with Gasteiger partial charge in [0.1, 0.15) is 93.0 Å². The van der Waals surface area contributed by atoms with Crippen LogP contribution in [0.25, 0.3) is 169 Å². The number of aromatic nitrogens is 13. The maximum Gasteiger partial charge on any atom is 0.446 e. The van der Waals surface area contributed by atoms with Gasteiger partial charge in [0.2, 0.25) is 65.2 Å². The summed E-state index contributed by atoms with van der Waals surface area (Å²) < 4.78 is 65.8. The molecule has 15 heterocycles. The van der Waals surface area contributed by atoms with Crippen LogP contribution in [0.2, 0.25) is 0 Å². The lowest BCUT2D eigenvalue weighted by Gasteiger charge is -2.06. The predicted molar refractivity (Wildman–Crippen MR) is 446 cm³/mol. The molecular weight excluding hydrogens is 1460 g/mol. The molecule has 0 bridgehead atoms. The lowest BCUT2D eigenvalue weighted by atomic mass is 10.0. The molecular formula is C97H95N13O7+10. The Morgan fingerprint density at radius 1 is 0.308 bits per heavy atom. The highest BCUT2D eigenvalue weighted by atomic mass is 16.4. The Morgan fingerprint density at radius 3 is 1.16 bits per heavy atom. The molecule has 0 spiro atoms. The number of para-hydroxylation sites is 2. The summed E-state index contributed by atoms with van der Waals surface area (Å²) in [4.78, 5) is 4.58. The zero-order valence-electron chi connectivity index (χ0n) is 68.8. The summed E-state index contributed by atoms with van der Waals surface area (Å²) in [6.07, 6.45) is 20.1. The van der Waals surface area contributed by atoms with E-state index in [2.05, 4.69) is 307 Å². The van der Waals surface area contributed by atoms with Crippen molar-refractivity contribution < 1.29 is 76.6 Å². The van der Waals surface area contributed by atoms with Crippen LogP contribution in [0.3, 0.4) is 0 Å². The lowest BCUT2D eigenvalue weighted by molar-refractivity contribution is -0.687. The molecule has 0 unspecified atom stereocenters. The third-order valence-corrected chi connectivity index (χ3v) is 22.1. The van der Waals surface area contributed by atoms with Gasteiger partial charge in [-0.15, -0.1) is 0 Å². The van der Waals surface area contributed by atoms with Crippen molar-refractivity contribution in [1.82, 2.24) is 14.1 Å². The highest BCUT2D eigenvalue weighted by Crippen LogP contribution is 2.39. The van der Waals surface area contributed by atoms with E-state index in [0.717, 1.165) is 141 Å². The molecule has 15 aromatic heterocycles. The molecule has 0 saturated carbocycles. The minimum atomic E-state index is 0.679. The molecule has 0 atom stereocenters. The number of furan rings is 2. The number of aryl methyl sites for hydroxylation is 11. The Balaban J connectivity index is 0.000000110. The van der Waals surface area contributed by atoms with Crippen molar-refractivity contribution in [1.29, 1.82) is 0 Å². The summed E-state index contributed by atoms with van der Waals surface area (Å²) in [5, 5.41) is 5.65. The van der Waals surface area contributed by atoms with E-state index in [1.54, 1.807) is 31.3 Å². The minimum absolute atomic E-state index is 0.679. The van der Waals surface area contributed by atoms with E-state index in [1.165, 1.54) is 44.7 Å². The van der Waals surface area contributed by atoms with Gasteiger partial charge in [-0.2, -0.15) is 45.7 Å². The molecule has 0 fully saturated rings. The van der Waals surface area contributed by atoms with Crippen LogP contribution in [-0.2, 0) is 84.6 Å². The number of rotatable bonds is 10. The van der Waals surface area contributed by atoms with Gasteiger partial charge >= 0.3 is 57.9 Å². The van der Waals surface area contributed by atoms with Crippen molar-refractivity contribution in [3.63, 3.8) is 0 Å². The second-order valence-corrected chi connectivity index (χ2v) is 29.6. The third kappa shape index (κ3) is 14.5. The predicted octanol–water partition coefficient (Wildman–Crippen LogP) is 15.6. The van der Waals surface area contributed by atoms with Crippen molar-refractivity contribution in [2.75, 3.05) is 0 Å². The fourth-order valence-corrected chi connectivity index (χ4v) is 15.7. The summed E-state index contributed by atoms with van der Waals surface area (Å²) in [6.45, 7) is 8.35. The van der Waals surface area contributed by atoms with Gasteiger partial charge in [0.05, 0.1) is 11.1 Å². The highest BCUT2D eigenvalue weighted by molar-refractivity contribution is 6.10. The van der Waals surface area contributed by atoms with E-state index < -0.39 is 0 Å². The van der Waals surface area contributed by atoms with E-state index >= 15 is 0 Å². The van der Waals surface area contributed by atoms with Gasteiger partial charge in [0.15, 0.2) is 36.9 Å². The number of hydrogen-bond acceptors (Lipinski definition) is 8. The fraction of sp³-hybridized carbons (Fsp3) is 0.165. The van der Waals surface area contributed by atoms with Gasteiger partial charge in [-0.05, 0) is 123 Å². The molecule has 0 aliphatic rings. The second kappa shape index (κ2) is 32.2. The van der Waals surface area contributed by atoms with Crippen LogP contribution in [0, 0.1) is 27.7 Å². The van der Waals surface area contributed by atoms with Crippen LogP contribution in [0.4, 0.5) is 0 Å². The maximum absolute atomic E-state index is 6.29. The molecule has 0 aliphatic heterocycles. The number of fused-ring (bicyclic) bond motifs is 7. The normalized spacial score (nSPS) is 11.2. The average Bonchev–Trinajstić information content (AvgIpc) is 1.63. The van der Waals surface area contributed by atoms with Crippen molar-refractivity contribution in [2.45, 2.75) is 27.7 Å². The Kier molecular flexibility index (Phi) is 21.0. The number of oxazole rings is 5. The van der Waals surface area contributed by atoms with Gasteiger partial charge in [-0.25, -0.2) is 4.98 Å². The van der Waals surface area contributed by atoms with E-state index in [4.69, 9.17) is 30.9 Å². The zero-order chi connectivity index (χ0) is 81.4. The van der Waals surface area contributed by atoms with Crippen molar-refractivity contribution in [2.24, 2.45) is 84.6 Å². The first-order chi connectivity index (χ1) is 56.7. The molecule has 0 N–H and O–H groups in total. The molecule has 20 nitrogen and oxygen atoms in total. The number of pyridine rings is 6. The summed E-state index contributed by atoms with van der Waals surface area (Å²) >= 11 is 0. The van der Waals surface area contributed by atoms with E-state index in [-0.39, 0.29) is 0 Å². The molecule has 0 amide bonds.